The molecule has 0 unspecified atom stereocenters. The normalized spacial score (nSPS) is 25.6. The van der Waals surface area contributed by atoms with Gasteiger partial charge in [0.05, 0.1) is 19.0 Å². The molecule has 2 aliphatic rings. The number of nitrogens with zero attached hydrogens (tertiary/aromatic N) is 3. The van der Waals surface area contributed by atoms with Crippen LogP contribution in [0.25, 0.3) is 11.3 Å². The lowest BCUT2D eigenvalue weighted by Crippen LogP contribution is -2.56. The summed E-state index contributed by atoms with van der Waals surface area (Å²) in [5.74, 6) is -1.48. The molecule has 0 aromatic carbocycles. The molecule has 1 saturated heterocycles. The first kappa shape index (κ1) is 27.8. The van der Waals surface area contributed by atoms with Gasteiger partial charge in [-0.05, 0) is 58.4 Å². The molecule has 2 fully saturated rings. The number of rotatable bonds is 5. The van der Waals surface area contributed by atoms with Crippen LogP contribution in [0.15, 0.2) is 18.3 Å². The van der Waals surface area contributed by atoms with E-state index in [2.05, 4.69) is 20.5 Å². The van der Waals surface area contributed by atoms with Crippen LogP contribution in [0.4, 0.5) is 17.6 Å². The van der Waals surface area contributed by atoms with Crippen molar-refractivity contribution in [2.75, 3.05) is 13.7 Å². The van der Waals surface area contributed by atoms with E-state index in [1.54, 1.807) is 4.90 Å². The predicted molar refractivity (Wildman–Crippen MR) is 128 cm³/mol. The average Bonchev–Trinajstić information content (AvgIpc) is 3.34. The molecule has 9 nitrogen and oxygen atoms in total. The van der Waals surface area contributed by atoms with Crippen LogP contribution < -0.4 is 10.1 Å². The molecular weight excluding hydrogens is 510 g/mol. The van der Waals surface area contributed by atoms with Gasteiger partial charge in [0.25, 0.3) is 5.91 Å². The molecule has 2 amide bonds. The van der Waals surface area contributed by atoms with E-state index in [4.69, 9.17) is 4.74 Å². The van der Waals surface area contributed by atoms with Gasteiger partial charge in [-0.3, -0.25) is 14.7 Å². The van der Waals surface area contributed by atoms with Crippen LogP contribution in [0, 0.1) is 11.7 Å². The first-order valence-electron chi connectivity index (χ1n) is 12.4. The summed E-state index contributed by atoms with van der Waals surface area (Å²) in [6, 6.07) is 2.39. The molecular formula is C25H31F4N5O4. The van der Waals surface area contributed by atoms with Crippen LogP contribution in [0.1, 0.15) is 62.9 Å². The molecule has 1 aliphatic heterocycles. The lowest BCUT2D eigenvalue weighted by Gasteiger charge is -2.45. The molecule has 13 heteroatoms. The molecule has 3 N–H and O–H groups in total. The van der Waals surface area contributed by atoms with Gasteiger partial charge < -0.3 is 20.1 Å². The summed E-state index contributed by atoms with van der Waals surface area (Å²) in [6.07, 6.45) is -3.81. The molecule has 208 valence electrons. The number of pyridine rings is 1. The average molecular weight is 542 g/mol. The van der Waals surface area contributed by atoms with Crippen LogP contribution in [0.2, 0.25) is 0 Å². The zero-order chi connectivity index (χ0) is 27.9. The minimum absolute atomic E-state index is 0.0356. The third-order valence-electron chi connectivity index (χ3n) is 7.61. The lowest BCUT2D eigenvalue weighted by atomic mass is 9.80. The van der Waals surface area contributed by atoms with Crippen molar-refractivity contribution in [1.29, 1.82) is 0 Å². The smallest absolute Gasteiger partial charge is 0.417 e. The number of aliphatic hydroxyl groups is 1. The highest BCUT2D eigenvalue weighted by atomic mass is 19.4. The number of carbonyl (C=O) groups is 2. The Morgan fingerprint density at radius 3 is 2.50 bits per heavy atom. The molecule has 0 radical (unpaired) electrons. The van der Waals surface area contributed by atoms with E-state index in [1.165, 1.54) is 19.2 Å². The summed E-state index contributed by atoms with van der Waals surface area (Å²) in [5.41, 5.74) is -2.91. The van der Waals surface area contributed by atoms with Crippen molar-refractivity contribution < 1.29 is 37.0 Å². The summed E-state index contributed by atoms with van der Waals surface area (Å²) in [7, 11) is 1.40. The molecule has 2 aromatic rings. The fraction of sp³-hybridized carbons (Fsp3) is 0.600. The Morgan fingerprint density at radius 2 is 1.89 bits per heavy atom. The number of aromatic nitrogens is 3. The number of H-pyrrole nitrogens is 1. The van der Waals surface area contributed by atoms with Crippen molar-refractivity contribution >= 4 is 11.8 Å². The topological polar surface area (TPSA) is 120 Å². The van der Waals surface area contributed by atoms with Gasteiger partial charge >= 0.3 is 6.18 Å². The van der Waals surface area contributed by atoms with Crippen LogP contribution >= 0.6 is 0 Å². The van der Waals surface area contributed by atoms with Gasteiger partial charge in [0.15, 0.2) is 17.1 Å². The number of hydrogen-bond acceptors (Lipinski definition) is 6. The number of nitrogens with one attached hydrogen (secondary N) is 2. The van der Waals surface area contributed by atoms with E-state index in [0.29, 0.717) is 12.8 Å². The highest BCUT2D eigenvalue weighted by molar-refractivity contribution is 5.94. The van der Waals surface area contributed by atoms with Gasteiger partial charge in [-0.2, -0.15) is 18.3 Å². The third-order valence-corrected chi connectivity index (χ3v) is 7.61. The standard InChI is InChI=1S/C25H31F4N5O4/c1-23(2)12-14(21(35)31-15-4-7-24(37,8-5-15)25(27,28)29)6-9-34(23)22(36)19-11-18(32-33-19)16-10-20(38-3)30-13-17(16)26/h10-11,13-15,37H,4-9,12H2,1-3H3,(H,31,35)(H,32,33)/t14-,15?,24?/m1/s1. The number of aromatic amines is 1. The quantitative estimate of drug-likeness (QED) is 0.498. The van der Waals surface area contributed by atoms with E-state index in [9.17, 15) is 32.3 Å². The van der Waals surface area contributed by atoms with Crippen molar-refractivity contribution in [3.63, 3.8) is 0 Å². The Balaban J connectivity index is 1.37. The molecule has 38 heavy (non-hydrogen) atoms. The van der Waals surface area contributed by atoms with Crippen molar-refractivity contribution in [1.82, 2.24) is 25.4 Å². The lowest BCUT2D eigenvalue weighted by molar-refractivity contribution is -0.270. The Kier molecular flexibility index (Phi) is 7.43. The summed E-state index contributed by atoms with van der Waals surface area (Å²) in [5, 5.41) is 19.4. The van der Waals surface area contributed by atoms with Gasteiger partial charge in [-0.25, -0.2) is 9.37 Å². The van der Waals surface area contributed by atoms with E-state index in [1.807, 2.05) is 13.8 Å². The Labute approximate surface area is 217 Å². The fourth-order valence-corrected chi connectivity index (χ4v) is 5.29. The second kappa shape index (κ2) is 10.2. The summed E-state index contributed by atoms with van der Waals surface area (Å²) >= 11 is 0. The molecule has 0 spiro atoms. The van der Waals surface area contributed by atoms with Gasteiger partial charge in [0.2, 0.25) is 11.8 Å². The zero-order valence-corrected chi connectivity index (χ0v) is 21.4. The van der Waals surface area contributed by atoms with E-state index in [0.717, 1.165) is 6.20 Å². The van der Waals surface area contributed by atoms with Crippen LogP contribution in [-0.2, 0) is 4.79 Å². The number of halogens is 4. The van der Waals surface area contributed by atoms with Gasteiger partial charge in [-0.15, -0.1) is 0 Å². The molecule has 1 atom stereocenters. The number of ether oxygens (including phenoxy) is 1. The maximum absolute atomic E-state index is 14.3. The largest absolute Gasteiger partial charge is 0.481 e. The van der Waals surface area contributed by atoms with Gasteiger partial charge in [0, 0.05) is 35.7 Å². The fourth-order valence-electron chi connectivity index (χ4n) is 5.29. The van der Waals surface area contributed by atoms with Crippen molar-refractivity contribution in [3.8, 4) is 17.1 Å². The van der Waals surface area contributed by atoms with Crippen LogP contribution in [0.5, 0.6) is 5.88 Å². The predicted octanol–water partition coefficient (Wildman–Crippen LogP) is 3.60. The van der Waals surface area contributed by atoms with Crippen LogP contribution in [0.3, 0.4) is 0 Å². The first-order valence-corrected chi connectivity index (χ1v) is 12.4. The van der Waals surface area contributed by atoms with E-state index in [-0.39, 0.29) is 54.0 Å². The highest BCUT2D eigenvalue weighted by Crippen LogP contribution is 2.41. The van der Waals surface area contributed by atoms with Gasteiger partial charge in [0.1, 0.15) is 0 Å². The summed E-state index contributed by atoms with van der Waals surface area (Å²) in [6.45, 7) is 3.92. The number of hydrogen-bond donors (Lipinski definition) is 3. The number of piperidine rings is 1. The number of amides is 2. The SMILES string of the molecule is COc1cc(-c2cc(C(=O)N3CC[C@@H](C(=O)NC4CCC(O)(C(F)(F)F)CC4)CC3(C)C)n[nH]2)c(F)cn1. The highest BCUT2D eigenvalue weighted by Gasteiger charge is 2.54. The molecule has 3 heterocycles. The Hall–Kier alpha value is -3.22. The van der Waals surface area contributed by atoms with Crippen LogP contribution in [-0.4, -0.2) is 74.0 Å². The summed E-state index contributed by atoms with van der Waals surface area (Å²) in [4.78, 5) is 31.6. The molecule has 1 saturated carbocycles. The molecule has 2 aromatic heterocycles. The van der Waals surface area contributed by atoms with E-state index < -0.39 is 47.9 Å². The minimum atomic E-state index is -4.69. The minimum Gasteiger partial charge on any atom is -0.481 e. The second-order valence-corrected chi connectivity index (χ2v) is 10.6. The number of carbonyl (C=O) groups excluding carboxylic acids is 2. The van der Waals surface area contributed by atoms with E-state index >= 15 is 0 Å². The van der Waals surface area contributed by atoms with Crippen molar-refractivity contribution in [3.05, 3.63) is 29.8 Å². The zero-order valence-electron chi connectivity index (χ0n) is 21.4. The molecule has 4 rings (SSSR count). The van der Waals surface area contributed by atoms with Gasteiger partial charge in [-0.1, -0.05) is 0 Å². The second-order valence-electron chi connectivity index (χ2n) is 10.6. The maximum Gasteiger partial charge on any atom is 0.417 e. The maximum atomic E-state index is 14.3. The van der Waals surface area contributed by atoms with Crippen molar-refractivity contribution in [2.24, 2.45) is 5.92 Å². The van der Waals surface area contributed by atoms with Crippen molar-refractivity contribution in [2.45, 2.75) is 75.7 Å². The Bertz CT molecular complexity index is 1190. The third kappa shape index (κ3) is 5.47. The summed E-state index contributed by atoms with van der Waals surface area (Å²) < 4.78 is 58.5. The first-order chi connectivity index (χ1) is 17.7. The number of alkyl halides is 3. The number of likely N-dealkylation sites (tertiary alicyclic amines) is 1. The Morgan fingerprint density at radius 1 is 1.21 bits per heavy atom. The molecule has 0 bridgehead atoms. The molecule has 1 aliphatic carbocycles. The monoisotopic (exact) mass is 541 g/mol. The number of methoxy groups -OCH3 is 1.